The van der Waals surface area contributed by atoms with Gasteiger partial charge in [0.1, 0.15) is 11.5 Å². The molecule has 0 spiro atoms. The average Bonchev–Trinajstić information content (AvgIpc) is 3.26. The van der Waals surface area contributed by atoms with Crippen LogP contribution in [0.3, 0.4) is 0 Å². The highest BCUT2D eigenvalue weighted by Gasteiger charge is 2.15. The number of nitrogens with one attached hydrogen (secondary N) is 2. The Morgan fingerprint density at radius 1 is 1.00 bits per heavy atom. The molecule has 2 heterocycles. The molecule has 0 saturated carbocycles. The van der Waals surface area contributed by atoms with Crippen molar-refractivity contribution in [3.8, 4) is 22.8 Å². The number of nitrogens with zero attached hydrogens (tertiary/aromatic N) is 4. The van der Waals surface area contributed by atoms with Crippen LogP contribution in [0.4, 0.5) is 11.4 Å². The van der Waals surface area contributed by atoms with Crippen LogP contribution in [0, 0.1) is 6.92 Å². The van der Waals surface area contributed by atoms with Gasteiger partial charge >= 0.3 is 0 Å². The van der Waals surface area contributed by atoms with E-state index in [-0.39, 0.29) is 0 Å². The first-order valence-corrected chi connectivity index (χ1v) is 11.0. The van der Waals surface area contributed by atoms with Gasteiger partial charge in [-0.2, -0.15) is 5.10 Å². The van der Waals surface area contributed by atoms with Crippen molar-refractivity contribution in [2.45, 2.75) is 26.8 Å². The lowest BCUT2D eigenvalue weighted by Crippen LogP contribution is -2.32. The van der Waals surface area contributed by atoms with Gasteiger partial charge in [0.05, 0.1) is 42.8 Å². The van der Waals surface area contributed by atoms with Crippen molar-refractivity contribution in [2.24, 2.45) is 0 Å². The fourth-order valence-electron chi connectivity index (χ4n) is 3.74. The molecule has 172 valence electrons. The standard InChI is InChI=1S/C25H30N6O2/c1-16(2)26-8-9-31(19-10-20(32-4)13-21(11-19)33-5)18-6-7-23-24(12-18)29-25(15-27-23)22-14-28-30-17(22)3/h6-7,10-16,26H,8-9H2,1-5H3,(H,28,30). The monoisotopic (exact) mass is 446 g/mol. The normalized spacial score (nSPS) is 11.2. The lowest BCUT2D eigenvalue weighted by molar-refractivity contribution is 0.394. The van der Waals surface area contributed by atoms with Crippen molar-refractivity contribution < 1.29 is 9.47 Å². The maximum atomic E-state index is 5.51. The smallest absolute Gasteiger partial charge is 0.124 e. The summed E-state index contributed by atoms with van der Waals surface area (Å²) in [6.07, 6.45) is 3.64. The molecule has 2 aromatic heterocycles. The van der Waals surface area contributed by atoms with E-state index in [0.29, 0.717) is 6.04 Å². The number of H-pyrrole nitrogens is 1. The number of hydrogen-bond acceptors (Lipinski definition) is 7. The fourth-order valence-corrected chi connectivity index (χ4v) is 3.74. The largest absolute Gasteiger partial charge is 0.497 e. The summed E-state index contributed by atoms with van der Waals surface area (Å²) in [5, 5.41) is 10.6. The molecule has 0 amide bonds. The van der Waals surface area contributed by atoms with Gasteiger partial charge in [0.15, 0.2) is 0 Å². The van der Waals surface area contributed by atoms with Crippen molar-refractivity contribution in [3.05, 3.63) is 54.5 Å². The Morgan fingerprint density at radius 3 is 2.39 bits per heavy atom. The van der Waals surface area contributed by atoms with E-state index in [1.54, 1.807) is 20.4 Å². The molecule has 0 bridgehead atoms. The van der Waals surface area contributed by atoms with E-state index >= 15 is 0 Å². The van der Waals surface area contributed by atoms with Crippen LogP contribution in [-0.2, 0) is 0 Å². The number of anilines is 2. The van der Waals surface area contributed by atoms with E-state index in [0.717, 1.165) is 63.9 Å². The summed E-state index contributed by atoms with van der Waals surface area (Å²) in [5.41, 5.74) is 6.29. The predicted octanol–water partition coefficient (Wildman–Crippen LogP) is 4.48. The Bertz CT molecular complexity index is 1210. The van der Waals surface area contributed by atoms with E-state index in [2.05, 4.69) is 51.4 Å². The molecule has 0 aliphatic heterocycles. The topological polar surface area (TPSA) is 88.2 Å². The molecule has 0 saturated heterocycles. The summed E-state index contributed by atoms with van der Waals surface area (Å²) >= 11 is 0. The van der Waals surface area contributed by atoms with Crippen LogP contribution in [0.5, 0.6) is 11.5 Å². The Hall–Kier alpha value is -3.65. The first kappa shape index (κ1) is 22.5. The lowest BCUT2D eigenvalue weighted by Gasteiger charge is -2.27. The van der Waals surface area contributed by atoms with Crippen molar-refractivity contribution in [2.75, 3.05) is 32.2 Å². The zero-order chi connectivity index (χ0) is 23.4. The van der Waals surface area contributed by atoms with E-state index in [1.807, 2.05) is 37.4 Å². The third kappa shape index (κ3) is 5.06. The van der Waals surface area contributed by atoms with Crippen LogP contribution in [-0.4, -0.2) is 53.5 Å². The number of benzene rings is 2. The third-order valence-corrected chi connectivity index (χ3v) is 5.48. The highest BCUT2D eigenvalue weighted by molar-refractivity contribution is 5.83. The van der Waals surface area contributed by atoms with Gasteiger partial charge in [-0.3, -0.25) is 10.1 Å². The molecular formula is C25H30N6O2. The Morgan fingerprint density at radius 2 is 1.76 bits per heavy atom. The zero-order valence-corrected chi connectivity index (χ0v) is 19.7. The molecule has 4 rings (SSSR count). The Labute approximate surface area is 194 Å². The van der Waals surface area contributed by atoms with Gasteiger partial charge in [0, 0.05) is 60.5 Å². The van der Waals surface area contributed by atoms with E-state index < -0.39 is 0 Å². The molecule has 8 nitrogen and oxygen atoms in total. The SMILES string of the molecule is COc1cc(OC)cc(N(CCNC(C)C)c2ccc3ncc(-c4c[nH]nc4C)nc3c2)c1. The van der Waals surface area contributed by atoms with Crippen LogP contribution in [0.15, 0.2) is 48.8 Å². The van der Waals surface area contributed by atoms with Crippen molar-refractivity contribution in [1.29, 1.82) is 0 Å². The number of aromatic nitrogens is 4. The fraction of sp³-hybridized carbons (Fsp3) is 0.320. The van der Waals surface area contributed by atoms with Gasteiger partial charge in [-0.05, 0) is 25.1 Å². The zero-order valence-electron chi connectivity index (χ0n) is 19.7. The highest BCUT2D eigenvalue weighted by atomic mass is 16.5. The number of methoxy groups -OCH3 is 2. The molecule has 8 heteroatoms. The Kier molecular flexibility index (Phi) is 6.74. The average molecular weight is 447 g/mol. The van der Waals surface area contributed by atoms with E-state index in [9.17, 15) is 0 Å². The van der Waals surface area contributed by atoms with Gasteiger partial charge in [-0.25, -0.2) is 4.98 Å². The maximum Gasteiger partial charge on any atom is 0.124 e. The molecule has 0 atom stereocenters. The number of rotatable bonds is 9. The van der Waals surface area contributed by atoms with Gasteiger partial charge in [0.2, 0.25) is 0 Å². The molecule has 0 unspecified atom stereocenters. The van der Waals surface area contributed by atoms with Gasteiger partial charge < -0.3 is 19.7 Å². The minimum Gasteiger partial charge on any atom is -0.497 e. The molecular weight excluding hydrogens is 416 g/mol. The van der Waals surface area contributed by atoms with Crippen LogP contribution < -0.4 is 19.7 Å². The number of aromatic amines is 1. The Balaban J connectivity index is 1.77. The first-order valence-electron chi connectivity index (χ1n) is 11.0. The third-order valence-electron chi connectivity index (χ3n) is 5.48. The summed E-state index contributed by atoms with van der Waals surface area (Å²) in [6, 6.07) is 12.4. The van der Waals surface area contributed by atoms with E-state index in [4.69, 9.17) is 14.5 Å². The van der Waals surface area contributed by atoms with Crippen molar-refractivity contribution in [1.82, 2.24) is 25.5 Å². The first-order chi connectivity index (χ1) is 16.0. The number of ether oxygens (including phenoxy) is 2. The van der Waals surface area contributed by atoms with Crippen LogP contribution in [0.25, 0.3) is 22.3 Å². The quantitative estimate of drug-likeness (QED) is 0.392. The summed E-state index contributed by atoms with van der Waals surface area (Å²) in [4.78, 5) is 11.7. The van der Waals surface area contributed by atoms with Crippen molar-refractivity contribution >= 4 is 22.4 Å². The van der Waals surface area contributed by atoms with Crippen LogP contribution in [0.2, 0.25) is 0 Å². The summed E-state index contributed by atoms with van der Waals surface area (Å²) < 4.78 is 11.0. The molecule has 0 aliphatic carbocycles. The van der Waals surface area contributed by atoms with Gasteiger partial charge in [0.25, 0.3) is 0 Å². The predicted molar refractivity (Wildman–Crippen MR) is 132 cm³/mol. The van der Waals surface area contributed by atoms with E-state index in [1.165, 1.54) is 0 Å². The second-order valence-electron chi connectivity index (χ2n) is 8.14. The second kappa shape index (κ2) is 9.87. The summed E-state index contributed by atoms with van der Waals surface area (Å²) in [5.74, 6) is 1.48. The second-order valence-corrected chi connectivity index (χ2v) is 8.14. The number of hydrogen-bond donors (Lipinski definition) is 2. The molecule has 0 radical (unpaired) electrons. The minimum atomic E-state index is 0.398. The molecule has 2 aromatic carbocycles. The van der Waals surface area contributed by atoms with Crippen LogP contribution in [0.1, 0.15) is 19.5 Å². The van der Waals surface area contributed by atoms with Gasteiger partial charge in [-0.1, -0.05) is 13.8 Å². The molecule has 2 N–H and O–H groups in total. The minimum absolute atomic E-state index is 0.398. The molecule has 0 fully saturated rings. The maximum absolute atomic E-state index is 5.51. The number of aryl methyl sites for hydroxylation is 1. The number of fused-ring (bicyclic) bond motifs is 1. The van der Waals surface area contributed by atoms with Gasteiger partial charge in [-0.15, -0.1) is 0 Å². The molecule has 4 aromatic rings. The summed E-state index contributed by atoms with van der Waals surface area (Å²) in [7, 11) is 3.32. The molecule has 0 aliphatic rings. The molecule has 33 heavy (non-hydrogen) atoms. The van der Waals surface area contributed by atoms with Crippen molar-refractivity contribution in [3.63, 3.8) is 0 Å². The van der Waals surface area contributed by atoms with Crippen LogP contribution >= 0.6 is 0 Å². The highest BCUT2D eigenvalue weighted by Crippen LogP contribution is 2.34. The summed E-state index contributed by atoms with van der Waals surface area (Å²) in [6.45, 7) is 7.81. The lowest BCUT2D eigenvalue weighted by atomic mass is 10.1.